The van der Waals surface area contributed by atoms with Gasteiger partial charge in [0.25, 0.3) is 0 Å². The summed E-state index contributed by atoms with van der Waals surface area (Å²) >= 11 is 0. The van der Waals surface area contributed by atoms with E-state index in [1.165, 1.54) is 0 Å². The Kier molecular flexibility index (Phi) is 59.6. The predicted molar refractivity (Wildman–Crippen MR) is 54.2 cm³/mol. The number of carbonyl (C=O) groups excluding carboxylic acids is 4. The number of carbonyl (C=O) groups is 4. The summed E-state index contributed by atoms with van der Waals surface area (Å²) in [6.07, 6.45) is 0. The third kappa shape index (κ3) is 4230. The Hall–Kier alpha value is -0.847. The normalized spacial score (nSPS) is 5.56. The molecule has 0 spiro atoms. The van der Waals surface area contributed by atoms with Crippen molar-refractivity contribution >= 4 is 63.5 Å². The van der Waals surface area contributed by atoms with Crippen LogP contribution in [-0.2, 0) is 19.2 Å². The summed E-state index contributed by atoms with van der Waals surface area (Å²) in [5.41, 5.74) is 0. The molecule has 0 saturated carbocycles. The summed E-state index contributed by atoms with van der Waals surface area (Å²) in [7, 11) is 0. The zero-order valence-electron chi connectivity index (χ0n) is 10.4. The van der Waals surface area contributed by atoms with Gasteiger partial charge < -0.3 is 39.6 Å². The smallest absolute Gasteiger partial charge is 0.550 e. The fraction of sp³-hybridized carbons (Fsp3) is 0.500. The van der Waals surface area contributed by atoms with E-state index in [1.54, 1.807) is 0 Å². The van der Waals surface area contributed by atoms with E-state index in [4.69, 9.17) is 39.6 Å². The average Bonchev–Trinajstić information content (AvgIpc) is 1.76. The predicted octanol–water partition coefficient (Wildman–Crippen LogP) is -5.74. The van der Waals surface area contributed by atoms with E-state index in [-0.39, 0.29) is 39.6 Å². The van der Waals surface area contributed by atoms with E-state index in [2.05, 4.69) is 0 Å². The first kappa shape index (κ1) is 36.0. The summed E-state index contributed by atoms with van der Waals surface area (Å²) in [6.45, 7) is 3.89. The molecule has 0 aliphatic carbocycles. The van der Waals surface area contributed by atoms with E-state index < -0.39 is 23.9 Å². The van der Waals surface area contributed by atoms with E-state index >= 15 is 0 Å². The van der Waals surface area contributed by atoms with Crippen molar-refractivity contribution in [2.75, 3.05) is 0 Å². The van der Waals surface area contributed by atoms with Gasteiger partial charge in [-0.25, -0.2) is 0 Å². The molecule has 0 bridgehead atoms. The molecule has 96 valence electrons. The van der Waals surface area contributed by atoms with Gasteiger partial charge >= 0.3 is 39.6 Å². The maximum atomic E-state index is 8.89. The molecular weight excluding hydrogens is 364 g/mol. The fourth-order valence-electron chi connectivity index (χ4n) is 0. The van der Waals surface area contributed by atoms with Crippen LogP contribution in [0.2, 0.25) is 0 Å². The largest absolute Gasteiger partial charge is 3.00 e. The first-order valence-electron chi connectivity index (χ1n) is 3.63. The summed E-state index contributed by atoms with van der Waals surface area (Å²) in [6, 6.07) is 0. The Bertz CT molecular complexity index is 165. The molecule has 0 aromatic rings. The van der Waals surface area contributed by atoms with Crippen LogP contribution in [0.4, 0.5) is 0 Å². The van der Waals surface area contributed by atoms with Crippen molar-refractivity contribution in [3.05, 3.63) is 0 Å². The molecule has 0 atom stereocenters. The van der Waals surface area contributed by atoms with Crippen molar-refractivity contribution in [3.8, 4) is 0 Å². The molecule has 0 unspecified atom stereocenters. The van der Waals surface area contributed by atoms with Crippen molar-refractivity contribution in [1.82, 2.24) is 0 Å². The average molecular weight is 376 g/mol. The molecule has 0 aromatic heterocycles. The zero-order chi connectivity index (χ0) is 14.3. The fourth-order valence-corrected chi connectivity index (χ4v) is 0. The van der Waals surface area contributed by atoms with E-state index in [0.29, 0.717) is 0 Å². The Balaban J connectivity index is -0.0000000257. The second-order valence-corrected chi connectivity index (χ2v) is 1.97. The molecule has 0 aliphatic rings. The maximum absolute atomic E-state index is 8.89. The summed E-state index contributed by atoms with van der Waals surface area (Å²) in [4.78, 5) is 35.6. The minimum Gasteiger partial charge on any atom is -0.550 e. The SMILES string of the molecule is CC(=O)[O-].CC(=O)[O-].CC(=O)[O-].CC(=O)[O-].[Ga+3].[Ga+3]. The van der Waals surface area contributed by atoms with Crippen LogP contribution in [0.25, 0.3) is 0 Å². The van der Waals surface area contributed by atoms with Crippen LogP contribution in [0.1, 0.15) is 27.7 Å². The van der Waals surface area contributed by atoms with Crippen molar-refractivity contribution in [2.45, 2.75) is 27.7 Å². The van der Waals surface area contributed by atoms with E-state index in [1.807, 2.05) is 0 Å². The van der Waals surface area contributed by atoms with Gasteiger partial charge in [-0.3, -0.25) is 0 Å². The first-order valence-corrected chi connectivity index (χ1v) is 3.63. The van der Waals surface area contributed by atoms with Crippen molar-refractivity contribution in [1.29, 1.82) is 0 Å². The Labute approximate surface area is 130 Å². The Morgan fingerprint density at radius 3 is 0.500 bits per heavy atom. The van der Waals surface area contributed by atoms with Gasteiger partial charge in [0.2, 0.25) is 0 Å². The summed E-state index contributed by atoms with van der Waals surface area (Å²) in [5.74, 6) is -4.33. The molecule has 0 saturated heterocycles. The number of rotatable bonds is 0. The van der Waals surface area contributed by atoms with Gasteiger partial charge in [-0.2, -0.15) is 0 Å². The summed E-state index contributed by atoms with van der Waals surface area (Å²) in [5, 5.41) is 35.6. The van der Waals surface area contributed by atoms with Gasteiger partial charge in [0.1, 0.15) is 0 Å². The number of carboxylic acid groups (broad SMARTS) is 4. The quantitative estimate of drug-likeness (QED) is 0.378. The molecule has 0 aliphatic heterocycles. The van der Waals surface area contributed by atoms with Gasteiger partial charge in [-0.05, 0) is 27.7 Å². The maximum Gasteiger partial charge on any atom is 3.00 e. The van der Waals surface area contributed by atoms with Crippen LogP contribution in [0.5, 0.6) is 0 Å². The number of carboxylic acids is 4. The molecule has 8 nitrogen and oxygen atoms in total. The van der Waals surface area contributed by atoms with Gasteiger partial charge in [0, 0.05) is 23.9 Å². The summed E-state index contributed by atoms with van der Waals surface area (Å²) < 4.78 is 0. The molecular formula is C8H12Ga2O8+2. The Morgan fingerprint density at radius 2 is 0.500 bits per heavy atom. The zero-order valence-corrected chi connectivity index (χ0v) is 15.3. The van der Waals surface area contributed by atoms with Gasteiger partial charge in [-0.1, -0.05) is 0 Å². The first-order chi connectivity index (χ1) is 6.93. The second kappa shape index (κ2) is 29.8. The molecule has 0 fully saturated rings. The van der Waals surface area contributed by atoms with Crippen LogP contribution >= 0.6 is 0 Å². The third-order valence-electron chi connectivity index (χ3n) is 0. The van der Waals surface area contributed by atoms with Gasteiger partial charge in [0.05, 0.1) is 0 Å². The van der Waals surface area contributed by atoms with Gasteiger partial charge in [0.15, 0.2) is 0 Å². The molecule has 0 radical (unpaired) electrons. The molecule has 10 heteroatoms. The Morgan fingerprint density at radius 1 is 0.500 bits per heavy atom. The van der Waals surface area contributed by atoms with Crippen molar-refractivity contribution in [3.63, 3.8) is 0 Å². The molecule has 0 heterocycles. The molecule has 18 heavy (non-hydrogen) atoms. The van der Waals surface area contributed by atoms with Crippen LogP contribution in [0.3, 0.4) is 0 Å². The molecule has 0 amide bonds. The standard InChI is InChI=1S/4C2H4O2.2Ga/c4*1-2(3)4;;/h4*1H3,(H,3,4);;/q;;;;2*+3/p-4. The van der Waals surface area contributed by atoms with Crippen LogP contribution in [0, 0.1) is 0 Å². The van der Waals surface area contributed by atoms with E-state index in [9.17, 15) is 0 Å². The minimum atomic E-state index is -1.08. The minimum absolute atomic E-state index is 0. The number of aliphatic carboxylic acids is 4. The second-order valence-electron chi connectivity index (χ2n) is 1.97. The third-order valence-corrected chi connectivity index (χ3v) is 0. The van der Waals surface area contributed by atoms with Crippen LogP contribution in [0.15, 0.2) is 0 Å². The topological polar surface area (TPSA) is 161 Å². The van der Waals surface area contributed by atoms with E-state index in [0.717, 1.165) is 27.7 Å². The number of hydrogen-bond acceptors (Lipinski definition) is 8. The number of hydrogen-bond donors (Lipinski definition) is 0. The molecule has 0 N–H and O–H groups in total. The molecule has 0 aromatic carbocycles. The van der Waals surface area contributed by atoms with Gasteiger partial charge in [-0.15, -0.1) is 0 Å². The van der Waals surface area contributed by atoms with Crippen molar-refractivity contribution in [2.24, 2.45) is 0 Å². The monoisotopic (exact) mass is 374 g/mol. The van der Waals surface area contributed by atoms with Crippen LogP contribution < -0.4 is 20.4 Å². The van der Waals surface area contributed by atoms with Crippen molar-refractivity contribution < 1.29 is 39.6 Å². The van der Waals surface area contributed by atoms with Crippen LogP contribution in [-0.4, -0.2) is 63.5 Å². The molecule has 0 rings (SSSR count).